The third-order valence-corrected chi connectivity index (χ3v) is 3.73. The van der Waals surface area contributed by atoms with E-state index in [1.165, 1.54) is 0 Å². The van der Waals surface area contributed by atoms with Crippen molar-refractivity contribution in [2.45, 2.75) is 26.0 Å². The van der Waals surface area contributed by atoms with Gasteiger partial charge in [-0.3, -0.25) is 0 Å². The molecule has 0 amide bonds. The molecule has 2 aromatic rings. The minimum absolute atomic E-state index is 0.101. The van der Waals surface area contributed by atoms with Gasteiger partial charge in [-0.05, 0) is 37.6 Å². The van der Waals surface area contributed by atoms with Gasteiger partial charge in [-0.15, -0.1) is 0 Å². The predicted molar refractivity (Wildman–Crippen MR) is 87.4 cm³/mol. The molecule has 0 radical (unpaired) electrons. The van der Waals surface area contributed by atoms with Crippen molar-refractivity contribution in [3.8, 4) is 5.75 Å². The SMILES string of the molecule is CC(C)Oc1ccccc1C(N)c1ccc(Br)cc1Cl. The summed E-state index contributed by atoms with van der Waals surface area (Å²) in [7, 11) is 0. The van der Waals surface area contributed by atoms with Crippen molar-refractivity contribution < 1.29 is 4.74 Å². The number of benzene rings is 2. The van der Waals surface area contributed by atoms with E-state index in [1.54, 1.807) is 0 Å². The van der Waals surface area contributed by atoms with Gasteiger partial charge in [0.15, 0.2) is 0 Å². The van der Waals surface area contributed by atoms with Crippen molar-refractivity contribution in [2.75, 3.05) is 0 Å². The van der Waals surface area contributed by atoms with E-state index in [4.69, 9.17) is 22.1 Å². The molecule has 0 spiro atoms. The van der Waals surface area contributed by atoms with Crippen LogP contribution in [-0.2, 0) is 0 Å². The van der Waals surface area contributed by atoms with Crippen LogP contribution in [0.1, 0.15) is 31.0 Å². The lowest BCUT2D eigenvalue weighted by molar-refractivity contribution is 0.239. The van der Waals surface area contributed by atoms with Gasteiger partial charge >= 0.3 is 0 Å². The Morgan fingerprint density at radius 2 is 1.80 bits per heavy atom. The molecule has 0 saturated carbocycles. The standard InChI is InChI=1S/C16H17BrClNO/c1-10(2)20-15-6-4-3-5-13(15)16(19)12-8-7-11(17)9-14(12)18/h3-10,16H,19H2,1-2H3. The first kappa shape index (κ1) is 15.4. The van der Waals surface area contributed by atoms with E-state index >= 15 is 0 Å². The Kier molecular flexibility index (Phi) is 5.08. The number of ether oxygens (including phenoxy) is 1. The molecule has 0 aliphatic heterocycles. The third kappa shape index (κ3) is 3.54. The molecule has 1 unspecified atom stereocenters. The van der Waals surface area contributed by atoms with Crippen LogP contribution in [0.25, 0.3) is 0 Å². The molecule has 1 atom stereocenters. The molecule has 0 aliphatic carbocycles. The van der Waals surface area contributed by atoms with Gasteiger partial charge in [0.25, 0.3) is 0 Å². The highest BCUT2D eigenvalue weighted by Crippen LogP contribution is 2.33. The minimum atomic E-state index is -0.314. The first-order valence-electron chi connectivity index (χ1n) is 6.45. The third-order valence-electron chi connectivity index (χ3n) is 2.91. The van der Waals surface area contributed by atoms with E-state index in [0.717, 1.165) is 21.3 Å². The normalized spacial score (nSPS) is 12.5. The Bertz CT molecular complexity index is 601. The van der Waals surface area contributed by atoms with Crippen LogP contribution in [0, 0.1) is 0 Å². The molecule has 20 heavy (non-hydrogen) atoms. The molecule has 4 heteroatoms. The van der Waals surface area contributed by atoms with E-state index in [9.17, 15) is 0 Å². The quantitative estimate of drug-likeness (QED) is 0.844. The summed E-state index contributed by atoms with van der Waals surface area (Å²) in [6.45, 7) is 3.99. The van der Waals surface area contributed by atoms with Crippen LogP contribution < -0.4 is 10.5 Å². The largest absolute Gasteiger partial charge is 0.491 e. The van der Waals surface area contributed by atoms with Crippen molar-refractivity contribution >= 4 is 27.5 Å². The fourth-order valence-electron chi connectivity index (χ4n) is 2.02. The smallest absolute Gasteiger partial charge is 0.124 e. The molecule has 2 nitrogen and oxygen atoms in total. The van der Waals surface area contributed by atoms with Crippen molar-refractivity contribution in [1.82, 2.24) is 0 Å². The fourth-order valence-corrected chi connectivity index (χ4v) is 2.81. The number of rotatable bonds is 4. The molecule has 2 rings (SSSR count). The topological polar surface area (TPSA) is 35.2 Å². The maximum Gasteiger partial charge on any atom is 0.124 e. The van der Waals surface area contributed by atoms with E-state index in [-0.39, 0.29) is 12.1 Å². The molecule has 0 aromatic heterocycles. The van der Waals surface area contributed by atoms with Gasteiger partial charge in [-0.25, -0.2) is 0 Å². The summed E-state index contributed by atoms with van der Waals surface area (Å²) in [5.41, 5.74) is 8.18. The lowest BCUT2D eigenvalue weighted by Crippen LogP contribution is -2.16. The van der Waals surface area contributed by atoms with Gasteiger partial charge in [-0.2, -0.15) is 0 Å². The van der Waals surface area contributed by atoms with Gasteiger partial charge in [0.1, 0.15) is 5.75 Å². The maximum absolute atomic E-state index is 6.36. The van der Waals surface area contributed by atoms with E-state index in [0.29, 0.717) is 5.02 Å². The zero-order valence-electron chi connectivity index (χ0n) is 11.4. The summed E-state index contributed by atoms with van der Waals surface area (Å²) in [5.74, 6) is 0.800. The molecule has 0 heterocycles. The molecule has 2 N–H and O–H groups in total. The molecule has 2 aromatic carbocycles. The van der Waals surface area contributed by atoms with E-state index in [1.807, 2.05) is 56.3 Å². The van der Waals surface area contributed by atoms with Crippen LogP contribution in [-0.4, -0.2) is 6.10 Å². The fraction of sp³-hybridized carbons (Fsp3) is 0.250. The minimum Gasteiger partial charge on any atom is -0.491 e. The highest BCUT2D eigenvalue weighted by molar-refractivity contribution is 9.10. The molecule has 0 bridgehead atoms. The first-order chi connectivity index (χ1) is 9.49. The van der Waals surface area contributed by atoms with E-state index in [2.05, 4.69) is 15.9 Å². The summed E-state index contributed by atoms with van der Waals surface area (Å²) in [6, 6.07) is 13.2. The zero-order chi connectivity index (χ0) is 14.7. The first-order valence-corrected chi connectivity index (χ1v) is 7.62. The average molecular weight is 355 g/mol. The van der Waals surface area contributed by atoms with E-state index < -0.39 is 0 Å². The van der Waals surface area contributed by atoms with Crippen LogP contribution in [0.15, 0.2) is 46.9 Å². The summed E-state index contributed by atoms with van der Waals surface area (Å²) >= 11 is 9.68. The predicted octanol–water partition coefficient (Wildman–Crippen LogP) is 4.94. The second kappa shape index (κ2) is 6.61. The van der Waals surface area contributed by atoms with Crippen molar-refractivity contribution in [3.05, 3.63) is 63.1 Å². The molecule has 0 aliphatic rings. The van der Waals surface area contributed by atoms with Crippen LogP contribution in [0.2, 0.25) is 5.02 Å². The van der Waals surface area contributed by atoms with Crippen molar-refractivity contribution in [3.63, 3.8) is 0 Å². The number of nitrogens with two attached hydrogens (primary N) is 1. The van der Waals surface area contributed by atoms with Crippen molar-refractivity contribution in [1.29, 1.82) is 0 Å². The number of hydrogen-bond acceptors (Lipinski definition) is 2. The zero-order valence-corrected chi connectivity index (χ0v) is 13.8. The van der Waals surface area contributed by atoms with Crippen molar-refractivity contribution in [2.24, 2.45) is 5.73 Å². The molecular weight excluding hydrogens is 338 g/mol. The second-order valence-corrected chi connectivity index (χ2v) is 6.17. The van der Waals surface area contributed by atoms with Gasteiger partial charge in [0, 0.05) is 15.1 Å². The lowest BCUT2D eigenvalue weighted by atomic mass is 9.98. The highest BCUT2D eigenvalue weighted by Gasteiger charge is 2.17. The van der Waals surface area contributed by atoms with Gasteiger partial charge in [-0.1, -0.05) is 51.8 Å². The Labute approximate surface area is 133 Å². The molecule has 0 fully saturated rings. The summed E-state index contributed by atoms with van der Waals surface area (Å²) in [4.78, 5) is 0. The highest BCUT2D eigenvalue weighted by atomic mass is 79.9. The number of halogens is 2. The van der Waals surface area contributed by atoms with Gasteiger partial charge in [0.2, 0.25) is 0 Å². The Morgan fingerprint density at radius 3 is 2.45 bits per heavy atom. The summed E-state index contributed by atoms with van der Waals surface area (Å²) < 4.78 is 6.75. The van der Waals surface area contributed by atoms with Crippen LogP contribution in [0.4, 0.5) is 0 Å². The molecule has 106 valence electrons. The summed E-state index contributed by atoms with van der Waals surface area (Å²) in [5, 5.41) is 0.645. The number of para-hydroxylation sites is 1. The Hall–Kier alpha value is -1.03. The Balaban J connectivity index is 2.40. The summed E-state index contributed by atoms with van der Waals surface area (Å²) in [6.07, 6.45) is 0.101. The van der Waals surface area contributed by atoms with Crippen LogP contribution >= 0.6 is 27.5 Å². The second-order valence-electron chi connectivity index (χ2n) is 4.85. The van der Waals surface area contributed by atoms with Crippen LogP contribution in [0.5, 0.6) is 5.75 Å². The molecule has 0 saturated heterocycles. The number of hydrogen-bond donors (Lipinski definition) is 1. The Morgan fingerprint density at radius 1 is 1.10 bits per heavy atom. The average Bonchev–Trinajstić information content (AvgIpc) is 2.38. The van der Waals surface area contributed by atoms with Gasteiger partial charge in [0.05, 0.1) is 12.1 Å². The lowest BCUT2D eigenvalue weighted by Gasteiger charge is -2.20. The van der Waals surface area contributed by atoms with Gasteiger partial charge < -0.3 is 10.5 Å². The maximum atomic E-state index is 6.36. The monoisotopic (exact) mass is 353 g/mol. The molecular formula is C16H17BrClNO. The van der Waals surface area contributed by atoms with Crippen LogP contribution in [0.3, 0.4) is 0 Å².